The Kier molecular flexibility index (Phi) is 3.92. The van der Waals surface area contributed by atoms with E-state index < -0.39 is 0 Å². The van der Waals surface area contributed by atoms with Gasteiger partial charge < -0.3 is 15.8 Å². The number of carbonyl (C=O) groups excluding carboxylic acids is 1. The van der Waals surface area contributed by atoms with Crippen LogP contribution < -0.4 is 15.8 Å². The molecular weight excluding hydrogens is 252 g/mol. The fraction of sp³-hybridized carbons (Fsp3) is 0.562. The van der Waals surface area contributed by atoms with Gasteiger partial charge in [0, 0.05) is 23.9 Å². The maximum atomic E-state index is 12.4. The van der Waals surface area contributed by atoms with Gasteiger partial charge in [-0.05, 0) is 25.3 Å². The SMILES string of the molecule is NC1CCCC(C(=O)NC2CCOc3ccccc32)C1. The molecule has 0 aromatic heterocycles. The van der Waals surface area contributed by atoms with Crippen molar-refractivity contribution < 1.29 is 9.53 Å². The van der Waals surface area contributed by atoms with E-state index in [1.807, 2.05) is 24.3 Å². The molecule has 3 rings (SSSR count). The second-order valence-electron chi connectivity index (χ2n) is 5.86. The van der Waals surface area contributed by atoms with Gasteiger partial charge >= 0.3 is 0 Å². The molecule has 3 atom stereocenters. The second kappa shape index (κ2) is 5.83. The molecule has 0 bridgehead atoms. The summed E-state index contributed by atoms with van der Waals surface area (Å²) in [6.45, 7) is 0.659. The van der Waals surface area contributed by atoms with E-state index in [9.17, 15) is 4.79 Å². The smallest absolute Gasteiger partial charge is 0.223 e. The number of benzene rings is 1. The minimum atomic E-state index is 0.0746. The van der Waals surface area contributed by atoms with Gasteiger partial charge in [0.05, 0.1) is 12.6 Å². The molecule has 3 N–H and O–H groups in total. The number of hydrogen-bond acceptors (Lipinski definition) is 3. The Hall–Kier alpha value is -1.55. The number of nitrogens with one attached hydrogen (secondary N) is 1. The summed E-state index contributed by atoms with van der Waals surface area (Å²) in [6.07, 6.45) is 4.72. The van der Waals surface area contributed by atoms with Crippen LogP contribution in [0.1, 0.15) is 43.7 Å². The Morgan fingerprint density at radius 2 is 2.10 bits per heavy atom. The van der Waals surface area contributed by atoms with Crippen LogP contribution in [0.3, 0.4) is 0 Å². The van der Waals surface area contributed by atoms with Crippen molar-refractivity contribution in [3.8, 4) is 5.75 Å². The van der Waals surface area contributed by atoms with Crippen LogP contribution in [0.15, 0.2) is 24.3 Å². The van der Waals surface area contributed by atoms with Gasteiger partial charge in [0.15, 0.2) is 0 Å². The molecule has 0 spiro atoms. The Bertz CT molecular complexity index is 489. The highest BCUT2D eigenvalue weighted by Crippen LogP contribution is 2.32. The molecule has 20 heavy (non-hydrogen) atoms. The second-order valence-corrected chi connectivity index (χ2v) is 5.86. The Balaban J connectivity index is 1.68. The molecule has 4 nitrogen and oxygen atoms in total. The van der Waals surface area contributed by atoms with Crippen LogP contribution in [-0.4, -0.2) is 18.6 Å². The molecule has 1 saturated carbocycles. The van der Waals surface area contributed by atoms with Crippen LogP contribution in [0.2, 0.25) is 0 Å². The molecule has 3 unspecified atom stereocenters. The fourth-order valence-corrected chi connectivity index (χ4v) is 3.25. The van der Waals surface area contributed by atoms with Crippen molar-refractivity contribution in [1.29, 1.82) is 0 Å². The molecule has 1 fully saturated rings. The number of hydrogen-bond donors (Lipinski definition) is 2. The zero-order chi connectivity index (χ0) is 13.9. The summed E-state index contributed by atoms with van der Waals surface area (Å²) in [5.74, 6) is 1.13. The van der Waals surface area contributed by atoms with Gasteiger partial charge in [-0.15, -0.1) is 0 Å². The molecule has 108 valence electrons. The summed E-state index contributed by atoms with van der Waals surface area (Å²) >= 11 is 0. The maximum absolute atomic E-state index is 12.4. The average Bonchev–Trinajstić information content (AvgIpc) is 2.47. The summed E-state index contributed by atoms with van der Waals surface area (Å²) in [5.41, 5.74) is 7.06. The minimum Gasteiger partial charge on any atom is -0.493 e. The number of para-hydroxylation sites is 1. The first-order chi connectivity index (χ1) is 9.74. The van der Waals surface area contributed by atoms with E-state index >= 15 is 0 Å². The van der Waals surface area contributed by atoms with E-state index in [1.54, 1.807) is 0 Å². The highest BCUT2D eigenvalue weighted by Gasteiger charge is 2.29. The summed E-state index contributed by atoms with van der Waals surface area (Å²) in [6, 6.07) is 8.20. The molecule has 1 aromatic rings. The molecule has 1 heterocycles. The van der Waals surface area contributed by atoms with Crippen LogP contribution >= 0.6 is 0 Å². The van der Waals surface area contributed by atoms with Crippen molar-refractivity contribution >= 4 is 5.91 Å². The third kappa shape index (κ3) is 2.80. The average molecular weight is 274 g/mol. The van der Waals surface area contributed by atoms with E-state index in [0.29, 0.717) is 6.61 Å². The number of rotatable bonds is 2. The van der Waals surface area contributed by atoms with Crippen molar-refractivity contribution in [3.63, 3.8) is 0 Å². The Morgan fingerprint density at radius 1 is 1.25 bits per heavy atom. The van der Waals surface area contributed by atoms with E-state index in [4.69, 9.17) is 10.5 Å². The van der Waals surface area contributed by atoms with Gasteiger partial charge in [0.25, 0.3) is 0 Å². The van der Waals surface area contributed by atoms with Crippen molar-refractivity contribution in [2.24, 2.45) is 11.7 Å². The molecule has 1 aromatic carbocycles. The van der Waals surface area contributed by atoms with E-state index in [1.165, 1.54) is 0 Å². The van der Waals surface area contributed by atoms with E-state index in [0.717, 1.165) is 43.4 Å². The Labute approximate surface area is 119 Å². The number of carbonyl (C=O) groups is 1. The molecule has 1 aliphatic carbocycles. The first-order valence-corrected chi connectivity index (χ1v) is 7.51. The highest BCUT2D eigenvalue weighted by atomic mass is 16.5. The molecule has 1 aliphatic heterocycles. The monoisotopic (exact) mass is 274 g/mol. The molecule has 0 saturated heterocycles. The fourth-order valence-electron chi connectivity index (χ4n) is 3.25. The molecule has 1 amide bonds. The van der Waals surface area contributed by atoms with Crippen LogP contribution in [0.25, 0.3) is 0 Å². The lowest BCUT2D eigenvalue weighted by atomic mass is 9.85. The lowest BCUT2D eigenvalue weighted by Gasteiger charge is -2.30. The predicted molar refractivity (Wildman–Crippen MR) is 77.4 cm³/mol. The third-order valence-electron chi connectivity index (χ3n) is 4.36. The summed E-state index contributed by atoms with van der Waals surface area (Å²) in [7, 11) is 0. The molecule has 0 radical (unpaired) electrons. The van der Waals surface area contributed by atoms with Gasteiger partial charge in [0.1, 0.15) is 5.75 Å². The predicted octanol–water partition coefficient (Wildman–Crippen LogP) is 2.14. The lowest BCUT2D eigenvalue weighted by Crippen LogP contribution is -2.40. The quantitative estimate of drug-likeness (QED) is 0.868. The Morgan fingerprint density at radius 3 is 2.95 bits per heavy atom. The lowest BCUT2D eigenvalue weighted by molar-refractivity contribution is -0.127. The van der Waals surface area contributed by atoms with Crippen LogP contribution in [0.4, 0.5) is 0 Å². The zero-order valence-corrected chi connectivity index (χ0v) is 11.7. The normalized spacial score (nSPS) is 29.1. The minimum absolute atomic E-state index is 0.0746. The van der Waals surface area contributed by atoms with Crippen LogP contribution in [0.5, 0.6) is 5.75 Å². The third-order valence-corrected chi connectivity index (χ3v) is 4.36. The topological polar surface area (TPSA) is 64.4 Å². The number of fused-ring (bicyclic) bond motifs is 1. The first-order valence-electron chi connectivity index (χ1n) is 7.51. The summed E-state index contributed by atoms with van der Waals surface area (Å²) < 4.78 is 5.63. The molecular formula is C16H22N2O2. The van der Waals surface area contributed by atoms with Crippen LogP contribution in [0, 0.1) is 5.92 Å². The maximum Gasteiger partial charge on any atom is 0.223 e. The van der Waals surface area contributed by atoms with Gasteiger partial charge in [-0.3, -0.25) is 4.79 Å². The largest absolute Gasteiger partial charge is 0.493 e. The summed E-state index contributed by atoms with van der Waals surface area (Å²) in [4.78, 5) is 12.4. The number of ether oxygens (including phenoxy) is 1. The van der Waals surface area contributed by atoms with Crippen molar-refractivity contribution in [1.82, 2.24) is 5.32 Å². The highest BCUT2D eigenvalue weighted by molar-refractivity contribution is 5.79. The van der Waals surface area contributed by atoms with Gasteiger partial charge in [-0.2, -0.15) is 0 Å². The number of nitrogens with two attached hydrogens (primary N) is 1. The van der Waals surface area contributed by atoms with Gasteiger partial charge in [0.2, 0.25) is 5.91 Å². The standard InChI is InChI=1S/C16H22N2O2/c17-12-5-3-4-11(10-12)16(19)18-14-8-9-20-15-7-2-1-6-13(14)15/h1-2,6-7,11-12,14H,3-5,8-10,17H2,(H,18,19). The zero-order valence-electron chi connectivity index (χ0n) is 11.7. The molecule has 4 heteroatoms. The number of amides is 1. The van der Waals surface area contributed by atoms with E-state index in [-0.39, 0.29) is 23.9 Å². The molecule has 2 aliphatic rings. The summed E-state index contributed by atoms with van der Waals surface area (Å²) in [5, 5.41) is 3.19. The first kappa shape index (κ1) is 13.4. The van der Waals surface area contributed by atoms with Crippen molar-refractivity contribution in [3.05, 3.63) is 29.8 Å². The van der Waals surface area contributed by atoms with Crippen molar-refractivity contribution in [2.45, 2.75) is 44.2 Å². The van der Waals surface area contributed by atoms with Crippen LogP contribution in [-0.2, 0) is 4.79 Å². The van der Waals surface area contributed by atoms with Crippen molar-refractivity contribution in [2.75, 3.05) is 6.61 Å². The van der Waals surface area contributed by atoms with E-state index in [2.05, 4.69) is 5.32 Å². The van der Waals surface area contributed by atoms with Gasteiger partial charge in [-0.1, -0.05) is 24.6 Å². The van der Waals surface area contributed by atoms with Gasteiger partial charge in [-0.25, -0.2) is 0 Å².